The van der Waals surface area contributed by atoms with Crippen molar-refractivity contribution < 1.29 is 18.7 Å². The van der Waals surface area contributed by atoms with Gasteiger partial charge in [-0.2, -0.15) is 5.10 Å². The molecule has 0 saturated carbocycles. The van der Waals surface area contributed by atoms with Crippen LogP contribution in [0.3, 0.4) is 0 Å². The number of nitrogen functional groups attached to an aromatic ring is 1. The number of anilines is 1. The molecular formula is C26H25F2N5O2. The molecule has 0 bridgehead atoms. The predicted molar refractivity (Wildman–Crippen MR) is 130 cm³/mol. The molecule has 7 nitrogen and oxygen atoms in total. The van der Waals surface area contributed by atoms with E-state index in [2.05, 4.69) is 15.4 Å². The highest BCUT2D eigenvalue weighted by Crippen LogP contribution is 2.31. The Morgan fingerprint density at radius 3 is 2.60 bits per heavy atom. The molecule has 4 rings (SSSR count). The molecule has 4 aromatic rings. The van der Waals surface area contributed by atoms with Crippen LogP contribution >= 0.6 is 0 Å². The summed E-state index contributed by atoms with van der Waals surface area (Å²) in [6.07, 6.45) is 3.36. The summed E-state index contributed by atoms with van der Waals surface area (Å²) in [5.74, 6) is -1.24. The number of alkyl halides is 1. The molecule has 35 heavy (non-hydrogen) atoms. The van der Waals surface area contributed by atoms with Gasteiger partial charge < -0.3 is 16.2 Å². The van der Waals surface area contributed by atoms with Crippen LogP contribution in [0.1, 0.15) is 33.2 Å². The second kappa shape index (κ2) is 10.0. The van der Waals surface area contributed by atoms with E-state index in [0.29, 0.717) is 22.3 Å². The number of nitrogens with zero attached hydrogens (tertiary/aromatic N) is 3. The van der Waals surface area contributed by atoms with Crippen LogP contribution < -0.4 is 11.1 Å². The van der Waals surface area contributed by atoms with E-state index in [1.807, 2.05) is 14.0 Å². The van der Waals surface area contributed by atoms with E-state index < -0.39 is 31.0 Å². The first-order valence-corrected chi connectivity index (χ1v) is 10.9. The van der Waals surface area contributed by atoms with E-state index in [4.69, 9.17) is 5.73 Å². The van der Waals surface area contributed by atoms with Gasteiger partial charge in [-0.25, -0.2) is 13.8 Å². The maximum absolute atomic E-state index is 15.0. The maximum atomic E-state index is 15.0. The maximum Gasteiger partial charge on any atom is 0.254 e. The van der Waals surface area contributed by atoms with Gasteiger partial charge in [0.15, 0.2) is 0 Å². The molecule has 2 heterocycles. The fraction of sp³-hybridized carbons (Fsp3) is 0.192. The Bertz CT molecular complexity index is 1390. The van der Waals surface area contributed by atoms with E-state index in [-0.39, 0.29) is 11.4 Å². The topological polar surface area (TPSA) is 106 Å². The zero-order chi connectivity index (χ0) is 25.1. The molecule has 0 aliphatic carbocycles. The van der Waals surface area contributed by atoms with Crippen molar-refractivity contribution in [2.45, 2.75) is 19.6 Å². The molecule has 0 fully saturated rings. The quantitative estimate of drug-likeness (QED) is 0.371. The molecule has 0 spiro atoms. The first kappa shape index (κ1) is 24.0. The Kier molecular flexibility index (Phi) is 6.88. The van der Waals surface area contributed by atoms with Crippen molar-refractivity contribution in [2.75, 3.05) is 12.3 Å². The minimum absolute atomic E-state index is 0.195. The summed E-state index contributed by atoms with van der Waals surface area (Å²) in [6, 6.07) is 11.6. The lowest BCUT2D eigenvalue weighted by Gasteiger charge is -2.18. The van der Waals surface area contributed by atoms with Crippen molar-refractivity contribution in [2.24, 2.45) is 7.05 Å². The molecule has 1 atom stereocenters. The van der Waals surface area contributed by atoms with Crippen LogP contribution in [-0.4, -0.2) is 32.4 Å². The Labute approximate surface area is 201 Å². The van der Waals surface area contributed by atoms with Crippen molar-refractivity contribution in [1.29, 1.82) is 0 Å². The predicted octanol–water partition coefficient (Wildman–Crippen LogP) is 4.11. The van der Waals surface area contributed by atoms with E-state index in [1.54, 1.807) is 53.5 Å². The van der Waals surface area contributed by atoms with E-state index in [1.165, 1.54) is 12.1 Å². The van der Waals surface area contributed by atoms with E-state index in [9.17, 15) is 14.3 Å². The molecule has 0 saturated heterocycles. The lowest BCUT2D eigenvalue weighted by molar-refractivity contribution is 0.0912. The molecule has 0 aliphatic heterocycles. The number of hydrogen-bond donors (Lipinski definition) is 3. The second-order valence-corrected chi connectivity index (χ2v) is 8.21. The molecule has 0 aliphatic rings. The summed E-state index contributed by atoms with van der Waals surface area (Å²) in [5, 5.41) is 16.6. The molecule has 180 valence electrons. The third-order valence-electron chi connectivity index (χ3n) is 5.99. The summed E-state index contributed by atoms with van der Waals surface area (Å²) < 4.78 is 29.8. The number of aliphatic hydroxyl groups is 1. The van der Waals surface area contributed by atoms with Gasteiger partial charge in [0.1, 0.15) is 18.3 Å². The number of pyridine rings is 1. The van der Waals surface area contributed by atoms with Crippen LogP contribution in [0.2, 0.25) is 0 Å². The van der Waals surface area contributed by atoms with Gasteiger partial charge >= 0.3 is 0 Å². The van der Waals surface area contributed by atoms with Crippen LogP contribution in [0, 0.1) is 12.7 Å². The first-order chi connectivity index (χ1) is 16.8. The largest absolute Gasteiger partial charge is 0.394 e. The number of benzene rings is 2. The number of aromatic nitrogens is 3. The summed E-state index contributed by atoms with van der Waals surface area (Å²) in [5.41, 5.74) is 10.4. The highest BCUT2D eigenvalue weighted by Gasteiger charge is 2.19. The fourth-order valence-corrected chi connectivity index (χ4v) is 3.87. The fourth-order valence-electron chi connectivity index (χ4n) is 3.87. The van der Waals surface area contributed by atoms with Crippen molar-refractivity contribution in [3.63, 3.8) is 0 Å². The van der Waals surface area contributed by atoms with Gasteiger partial charge in [0, 0.05) is 35.6 Å². The normalized spacial score (nSPS) is 11.9. The average Bonchev–Trinajstić information content (AvgIpc) is 3.20. The number of hydrogen-bond acceptors (Lipinski definition) is 5. The van der Waals surface area contributed by atoms with Gasteiger partial charge in [-0.1, -0.05) is 30.3 Å². The zero-order valence-corrected chi connectivity index (χ0v) is 19.3. The lowest BCUT2D eigenvalue weighted by Crippen LogP contribution is -2.31. The molecule has 1 amide bonds. The highest BCUT2D eigenvalue weighted by atomic mass is 19.1. The zero-order valence-electron chi connectivity index (χ0n) is 19.3. The third kappa shape index (κ3) is 4.90. The van der Waals surface area contributed by atoms with Crippen LogP contribution in [0.15, 0.2) is 60.9 Å². The number of carbonyl (C=O) groups is 1. The van der Waals surface area contributed by atoms with Gasteiger partial charge in [-0.3, -0.25) is 9.48 Å². The van der Waals surface area contributed by atoms with Gasteiger partial charge in [0.05, 0.1) is 24.4 Å². The van der Waals surface area contributed by atoms with Crippen LogP contribution in [-0.2, 0) is 13.7 Å². The Balaban J connectivity index is 1.60. The SMILES string of the molecule is Cc1c(-c2cnc(N)c(-c3ccc(C(=O)NC(CO)c4cccc(CF)c4)c(F)c3)c2)cnn1C. The summed E-state index contributed by atoms with van der Waals surface area (Å²) >= 11 is 0. The second-order valence-electron chi connectivity index (χ2n) is 8.21. The standard InChI is InChI=1S/C26H25F2N5O2/c1-15-22(13-31-33(15)2)19-9-21(25(29)30-12-19)17-6-7-20(23(28)10-17)26(35)32-24(14-34)18-5-3-4-16(8-18)11-27/h3-10,12-13,24,34H,11,14H2,1-2H3,(H2,29,30)(H,32,35). The number of amides is 1. The van der Waals surface area contributed by atoms with Crippen LogP contribution in [0.4, 0.5) is 14.6 Å². The van der Waals surface area contributed by atoms with Crippen molar-refractivity contribution in [3.8, 4) is 22.3 Å². The minimum atomic E-state index is -0.813. The van der Waals surface area contributed by atoms with E-state index in [0.717, 1.165) is 16.8 Å². The number of halogens is 2. The number of nitrogens with two attached hydrogens (primary N) is 1. The van der Waals surface area contributed by atoms with Crippen molar-refractivity contribution in [1.82, 2.24) is 20.1 Å². The summed E-state index contributed by atoms with van der Waals surface area (Å²) in [7, 11) is 1.84. The van der Waals surface area contributed by atoms with Crippen molar-refractivity contribution >= 4 is 11.7 Å². The van der Waals surface area contributed by atoms with E-state index >= 15 is 4.39 Å². The molecule has 4 N–H and O–H groups in total. The number of carbonyl (C=O) groups excluding carboxylic acids is 1. The highest BCUT2D eigenvalue weighted by molar-refractivity contribution is 5.95. The lowest BCUT2D eigenvalue weighted by atomic mass is 9.99. The summed E-state index contributed by atoms with van der Waals surface area (Å²) in [6.45, 7) is 0.832. The van der Waals surface area contributed by atoms with Crippen LogP contribution in [0.25, 0.3) is 22.3 Å². The van der Waals surface area contributed by atoms with Gasteiger partial charge in [-0.05, 0) is 41.8 Å². The molecule has 9 heteroatoms. The van der Waals surface area contributed by atoms with Gasteiger partial charge in [-0.15, -0.1) is 0 Å². The van der Waals surface area contributed by atoms with Gasteiger partial charge in [0.2, 0.25) is 0 Å². The Morgan fingerprint density at radius 1 is 1.14 bits per heavy atom. The Hall–Kier alpha value is -4.11. The number of nitrogens with one attached hydrogen (secondary N) is 1. The number of aliphatic hydroxyl groups excluding tert-OH is 1. The van der Waals surface area contributed by atoms with Gasteiger partial charge in [0.25, 0.3) is 5.91 Å². The molecule has 2 aromatic carbocycles. The minimum Gasteiger partial charge on any atom is -0.394 e. The number of aryl methyl sites for hydroxylation is 1. The Morgan fingerprint density at radius 2 is 1.94 bits per heavy atom. The monoisotopic (exact) mass is 477 g/mol. The number of rotatable bonds is 7. The molecule has 0 radical (unpaired) electrons. The molecule has 2 aromatic heterocycles. The average molecular weight is 478 g/mol. The first-order valence-electron chi connectivity index (χ1n) is 10.9. The smallest absolute Gasteiger partial charge is 0.254 e. The summed E-state index contributed by atoms with van der Waals surface area (Å²) in [4.78, 5) is 17.0. The molecular weight excluding hydrogens is 452 g/mol. The van der Waals surface area contributed by atoms with Crippen LogP contribution in [0.5, 0.6) is 0 Å². The molecule has 1 unspecified atom stereocenters. The third-order valence-corrected chi connectivity index (χ3v) is 5.99. The van der Waals surface area contributed by atoms with Crippen molar-refractivity contribution in [3.05, 3.63) is 89.1 Å².